The number of para-hydroxylation sites is 2. The normalized spacial score (nSPS) is 11.8. The second-order valence-electron chi connectivity index (χ2n) is 7.65. The van der Waals surface area contributed by atoms with Crippen LogP contribution in [0.3, 0.4) is 0 Å². The minimum Gasteiger partial charge on any atom is -0.492 e. The van der Waals surface area contributed by atoms with Crippen LogP contribution in [0.1, 0.15) is 44.2 Å². The minimum absolute atomic E-state index is 0.443. The summed E-state index contributed by atoms with van der Waals surface area (Å²) in [5, 5.41) is 9.84. The van der Waals surface area contributed by atoms with Gasteiger partial charge in [0.05, 0.1) is 17.6 Å². The zero-order chi connectivity index (χ0) is 20.4. The van der Waals surface area contributed by atoms with E-state index in [-0.39, 0.29) is 0 Å². The van der Waals surface area contributed by atoms with E-state index in [4.69, 9.17) is 4.74 Å². The lowest BCUT2D eigenvalue weighted by atomic mass is 10.00. The van der Waals surface area contributed by atoms with Crippen LogP contribution in [0.25, 0.3) is 16.8 Å². The summed E-state index contributed by atoms with van der Waals surface area (Å²) in [7, 11) is 0. The largest absolute Gasteiger partial charge is 0.492 e. The average molecular weight is 409 g/mol. The molecule has 2 heterocycles. The van der Waals surface area contributed by atoms with E-state index in [1.807, 2.05) is 0 Å². The lowest BCUT2D eigenvalue weighted by Gasteiger charge is -2.14. The lowest BCUT2D eigenvalue weighted by molar-refractivity contribution is 0.338. The smallest absolute Gasteiger partial charge is 0.237 e. The number of aromatic nitrogens is 4. The number of rotatable bonds is 8. The monoisotopic (exact) mass is 408 g/mol. The van der Waals surface area contributed by atoms with Gasteiger partial charge in [-0.2, -0.15) is 0 Å². The fourth-order valence-electron chi connectivity index (χ4n) is 3.71. The molecular weight excluding hydrogens is 380 g/mol. The molecule has 29 heavy (non-hydrogen) atoms. The predicted octanol–water partition coefficient (Wildman–Crippen LogP) is 5.70. The number of aryl methyl sites for hydroxylation is 2. The third kappa shape index (κ3) is 3.86. The first-order valence-electron chi connectivity index (χ1n) is 10.3. The van der Waals surface area contributed by atoms with Gasteiger partial charge in [-0.05, 0) is 43.0 Å². The molecule has 6 heteroatoms. The van der Waals surface area contributed by atoms with Crippen molar-refractivity contribution in [3.8, 4) is 5.75 Å². The van der Waals surface area contributed by atoms with E-state index in [1.54, 1.807) is 11.8 Å². The Morgan fingerprint density at radius 1 is 1.07 bits per heavy atom. The van der Waals surface area contributed by atoms with Gasteiger partial charge in [0.2, 0.25) is 5.78 Å². The fraction of sp³-hybridized carbons (Fsp3) is 0.391. The third-order valence-corrected chi connectivity index (χ3v) is 5.97. The van der Waals surface area contributed by atoms with Crippen LogP contribution in [0.15, 0.2) is 47.6 Å². The second kappa shape index (κ2) is 8.49. The topological polar surface area (TPSA) is 44.4 Å². The van der Waals surface area contributed by atoms with Crippen molar-refractivity contribution < 1.29 is 4.74 Å². The van der Waals surface area contributed by atoms with E-state index in [2.05, 4.69) is 89.3 Å². The fourth-order valence-corrected chi connectivity index (χ4v) is 4.47. The van der Waals surface area contributed by atoms with Crippen LogP contribution in [0.5, 0.6) is 5.75 Å². The maximum atomic E-state index is 6.11. The summed E-state index contributed by atoms with van der Waals surface area (Å²) in [5.41, 5.74) is 4.90. The molecule has 0 aliphatic heterocycles. The minimum atomic E-state index is 0.443. The number of ether oxygens (including phenoxy) is 1. The molecule has 0 amide bonds. The summed E-state index contributed by atoms with van der Waals surface area (Å²) >= 11 is 1.69. The molecule has 0 saturated heterocycles. The first-order valence-corrected chi connectivity index (χ1v) is 11.3. The van der Waals surface area contributed by atoms with Gasteiger partial charge in [-0.3, -0.25) is 4.40 Å². The highest BCUT2D eigenvalue weighted by atomic mass is 32.2. The van der Waals surface area contributed by atoms with Gasteiger partial charge in [-0.15, -0.1) is 10.2 Å². The van der Waals surface area contributed by atoms with Crippen molar-refractivity contribution in [1.29, 1.82) is 0 Å². The van der Waals surface area contributed by atoms with Crippen LogP contribution in [0.4, 0.5) is 0 Å². The Kier molecular flexibility index (Phi) is 5.81. The highest BCUT2D eigenvalue weighted by Gasteiger charge is 2.16. The molecule has 0 spiro atoms. The van der Waals surface area contributed by atoms with Gasteiger partial charge in [0.25, 0.3) is 0 Å². The summed E-state index contributed by atoms with van der Waals surface area (Å²) in [6.45, 7) is 10.3. The summed E-state index contributed by atoms with van der Waals surface area (Å²) in [6, 6.07) is 14.9. The van der Waals surface area contributed by atoms with Crippen molar-refractivity contribution >= 4 is 28.6 Å². The second-order valence-corrected chi connectivity index (χ2v) is 8.71. The van der Waals surface area contributed by atoms with E-state index in [0.717, 1.165) is 40.9 Å². The first kappa shape index (κ1) is 19.8. The van der Waals surface area contributed by atoms with E-state index in [0.29, 0.717) is 12.5 Å². The quantitative estimate of drug-likeness (QED) is 0.277. The SMILES string of the molecule is CCCn1c2ccccc2n2c(SCCOc3ccc(C)cc3C(C)C)nnc12. The molecule has 0 bridgehead atoms. The Morgan fingerprint density at radius 2 is 1.86 bits per heavy atom. The highest BCUT2D eigenvalue weighted by Crippen LogP contribution is 2.29. The number of nitrogens with zero attached hydrogens (tertiary/aromatic N) is 4. The molecule has 0 aliphatic carbocycles. The molecule has 4 rings (SSSR count). The van der Waals surface area contributed by atoms with Gasteiger partial charge in [0.15, 0.2) is 5.16 Å². The van der Waals surface area contributed by atoms with Crippen molar-refractivity contribution in [3.05, 3.63) is 53.6 Å². The van der Waals surface area contributed by atoms with Crippen molar-refractivity contribution in [2.24, 2.45) is 0 Å². The molecule has 152 valence electrons. The van der Waals surface area contributed by atoms with Crippen molar-refractivity contribution in [2.75, 3.05) is 12.4 Å². The zero-order valence-electron chi connectivity index (χ0n) is 17.6. The Hall–Kier alpha value is -2.47. The third-order valence-electron chi connectivity index (χ3n) is 5.08. The molecule has 0 radical (unpaired) electrons. The van der Waals surface area contributed by atoms with E-state index in [9.17, 15) is 0 Å². The van der Waals surface area contributed by atoms with Gasteiger partial charge >= 0.3 is 0 Å². The van der Waals surface area contributed by atoms with Crippen molar-refractivity contribution in [3.63, 3.8) is 0 Å². The Bertz CT molecular complexity index is 1130. The molecular formula is C23H28N4OS. The molecule has 0 unspecified atom stereocenters. The molecule has 0 aliphatic rings. The van der Waals surface area contributed by atoms with E-state index >= 15 is 0 Å². The molecule has 0 fully saturated rings. The van der Waals surface area contributed by atoms with Gasteiger partial charge in [0.1, 0.15) is 5.75 Å². The average Bonchev–Trinajstić information content (AvgIpc) is 3.26. The number of hydrogen-bond acceptors (Lipinski definition) is 4. The van der Waals surface area contributed by atoms with E-state index < -0.39 is 0 Å². The summed E-state index contributed by atoms with van der Waals surface area (Å²) in [5.74, 6) is 3.16. The Labute approximate surface area is 176 Å². The molecule has 5 nitrogen and oxygen atoms in total. The van der Waals surface area contributed by atoms with Gasteiger partial charge in [0, 0.05) is 12.3 Å². The molecule has 2 aromatic carbocycles. The lowest BCUT2D eigenvalue weighted by Crippen LogP contribution is -2.04. The predicted molar refractivity (Wildman–Crippen MR) is 120 cm³/mol. The molecule has 0 N–H and O–H groups in total. The van der Waals surface area contributed by atoms with Gasteiger partial charge in [-0.25, -0.2) is 0 Å². The maximum absolute atomic E-state index is 6.11. The first-order chi connectivity index (χ1) is 14.1. The number of hydrogen-bond donors (Lipinski definition) is 0. The zero-order valence-corrected chi connectivity index (χ0v) is 18.4. The van der Waals surface area contributed by atoms with Crippen molar-refractivity contribution in [1.82, 2.24) is 19.2 Å². The number of fused-ring (bicyclic) bond motifs is 3. The van der Waals surface area contributed by atoms with E-state index in [1.165, 1.54) is 16.6 Å². The molecule has 4 aromatic rings. The van der Waals surface area contributed by atoms with Crippen molar-refractivity contribution in [2.45, 2.75) is 51.7 Å². The van der Waals surface area contributed by atoms with Crippen LogP contribution in [-0.4, -0.2) is 31.5 Å². The summed E-state index contributed by atoms with van der Waals surface area (Å²) in [6.07, 6.45) is 1.06. The summed E-state index contributed by atoms with van der Waals surface area (Å²) in [4.78, 5) is 0. The maximum Gasteiger partial charge on any atom is 0.237 e. The van der Waals surface area contributed by atoms with Gasteiger partial charge < -0.3 is 9.30 Å². The Morgan fingerprint density at radius 3 is 2.62 bits per heavy atom. The van der Waals surface area contributed by atoms with Crippen LogP contribution >= 0.6 is 11.8 Å². The molecule has 0 atom stereocenters. The number of benzene rings is 2. The van der Waals surface area contributed by atoms with Gasteiger partial charge in [-0.1, -0.05) is 62.4 Å². The molecule has 2 aromatic heterocycles. The standard InChI is InChI=1S/C23H28N4OS/c1-5-12-26-19-8-6-7-9-20(19)27-22(26)24-25-23(27)29-14-13-28-21-11-10-17(4)15-18(21)16(2)3/h6-11,15-16H,5,12-14H2,1-4H3. The van der Waals surface area contributed by atoms with Crippen LogP contribution < -0.4 is 4.74 Å². The number of thioether (sulfide) groups is 1. The van der Waals surface area contributed by atoms with Crippen LogP contribution in [0, 0.1) is 6.92 Å². The highest BCUT2D eigenvalue weighted by molar-refractivity contribution is 7.99. The number of imidazole rings is 1. The van der Waals surface area contributed by atoms with Crippen LogP contribution in [-0.2, 0) is 6.54 Å². The van der Waals surface area contributed by atoms with Crippen LogP contribution in [0.2, 0.25) is 0 Å². The molecule has 0 saturated carbocycles. The Balaban J connectivity index is 1.51. The summed E-state index contributed by atoms with van der Waals surface area (Å²) < 4.78 is 10.5.